The Morgan fingerprint density at radius 3 is 2.76 bits per heavy atom. The van der Waals surface area contributed by atoms with Gasteiger partial charge in [0.15, 0.2) is 5.82 Å². The number of anilines is 2. The highest BCUT2D eigenvalue weighted by Crippen LogP contribution is 2.31. The summed E-state index contributed by atoms with van der Waals surface area (Å²) in [5.74, 6) is 1.58. The number of ether oxygens (including phenoxy) is 1. The summed E-state index contributed by atoms with van der Waals surface area (Å²) in [5, 5.41) is 32.5. The number of aliphatic hydroxyl groups excluding tert-OH is 1. The molecule has 0 aliphatic carbocycles. The first kappa shape index (κ1) is 26.6. The third-order valence-corrected chi connectivity index (χ3v) is 6.69. The van der Waals surface area contributed by atoms with Crippen LogP contribution >= 0.6 is 0 Å². The van der Waals surface area contributed by atoms with Crippen molar-refractivity contribution < 1.29 is 19.7 Å². The summed E-state index contributed by atoms with van der Waals surface area (Å²) < 4.78 is 7.54. The number of amides is 1. The molecule has 1 amide bonds. The van der Waals surface area contributed by atoms with E-state index in [0.717, 1.165) is 55.8 Å². The molecule has 5 N–H and O–H groups in total. The summed E-state index contributed by atoms with van der Waals surface area (Å²) in [5.41, 5.74) is 3.73. The molecular formula is C25H36N8O4. The SMILES string of the molecule is CCC[C@@H](CCO)Nc1nc(NC(=O)O)nc2c(C)nn(Cc3cnc(C4CCNCC4)cc3OC)c12. The minimum Gasteiger partial charge on any atom is -0.496 e. The van der Waals surface area contributed by atoms with Crippen LogP contribution in [0.15, 0.2) is 12.3 Å². The Labute approximate surface area is 215 Å². The van der Waals surface area contributed by atoms with E-state index in [2.05, 4.69) is 32.8 Å². The maximum Gasteiger partial charge on any atom is 0.411 e. The first-order chi connectivity index (χ1) is 17.9. The standard InChI is InChI=1S/C25H36N8O4/c1-4-5-18(8-11-34)28-23-22-21(29-24(30-23)31-25(35)36)15(2)32-33(22)14-17-13-27-19(12-20(17)37-3)16-6-9-26-10-7-16/h12-13,16,18,26,34H,4-11,14H2,1-3H3,(H,35,36)(H2,28,29,30,31)/t18-/m0/s1. The summed E-state index contributed by atoms with van der Waals surface area (Å²) in [6.07, 6.45) is 4.95. The molecular weight excluding hydrogens is 476 g/mol. The van der Waals surface area contributed by atoms with Gasteiger partial charge in [0.25, 0.3) is 0 Å². The number of nitrogens with one attached hydrogen (secondary N) is 3. The Morgan fingerprint density at radius 1 is 1.30 bits per heavy atom. The van der Waals surface area contributed by atoms with Gasteiger partial charge in [-0.15, -0.1) is 0 Å². The highest BCUT2D eigenvalue weighted by atomic mass is 16.5. The molecule has 0 spiro atoms. The molecule has 4 rings (SSSR count). The van der Waals surface area contributed by atoms with E-state index in [0.29, 0.717) is 41.4 Å². The number of pyridine rings is 1. The van der Waals surface area contributed by atoms with E-state index in [1.165, 1.54) is 0 Å². The third-order valence-electron chi connectivity index (χ3n) is 6.69. The summed E-state index contributed by atoms with van der Waals surface area (Å²) in [4.78, 5) is 25.0. The highest BCUT2D eigenvalue weighted by molar-refractivity contribution is 5.91. The van der Waals surface area contributed by atoms with Crippen molar-refractivity contribution in [2.24, 2.45) is 0 Å². The minimum atomic E-state index is -1.25. The fourth-order valence-corrected chi connectivity index (χ4v) is 4.87. The average molecular weight is 513 g/mol. The Bertz CT molecular complexity index is 1220. The molecule has 1 aliphatic rings. The van der Waals surface area contributed by atoms with E-state index in [9.17, 15) is 15.0 Å². The van der Waals surface area contributed by atoms with Gasteiger partial charge in [-0.1, -0.05) is 13.3 Å². The lowest BCUT2D eigenvalue weighted by Crippen LogP contribution is -2.27. The number of methoxy groups -OCH3 is 1. The molecule has 1 saturated heterocycles. The van der Waals surface area contributed by atoms with Crippen LogP contribution < -0.4 is 20.7 Å². The number of nitrogens with zero attached hydrogens (tertiary/aromatic N) is 5. The van der Waals surface area contributed by atoms with Crippen molar-refractivity contribution in [2.45, 2.75) is 64.5 Å². The van der Waals surface area contributed by atoms with Crippen LogP contribution in [0.1, 0.15) is 61.9 Å². The third kappa shape index (κ3) is 6.25. The zero-order chi connectivity index (χ0) is 26.4. The lowest BCUT2D eigenvalue weighted by atomic mass is 9.93. The summed E-state index contributed by atoms with van der Waals surface area (Å²) in [6.45, 7) is 6.26. The van der Waals surface area contributed by atoms with Crippen LogP contribution in [0.2, 0.25) is 0 Å². The van der Waals surface area contributed by atoms with Crippen molar-refractivity contribution >= 4 is 28.9 Å². The van der Waals surface area contributed by atoms with Gasteiger partial charge in [-0.05, 0) is 45.7 Å². The van der Waals surface area contributed by atoms with Gasteiger partial charge in [-0.25, -0.2) is 9.78 Å². The molecule has 1 aliphatic heterocycles. The molecule has 3 aromatic heterocycles. The predicted octanol–water partition coefficient (Wildman–Crippen LogP) is 3.11. The lowest BCUT2D eigenvalue weighted by molar-refractivity contribution is 0.209. The zero-order valence-electron chi connectivity index (χ0n) is 21.6. The summed E-state index contributed by atoms with van der Waals surface area (Å²) in [7, 11) is 1.65. The molecule has 1 fully saturated rings. The second-order valence-corrected chi connectivity index (χ2v) is 9.35. The van der Waals surface area contributed by atoms with Crippen LogP contribution in [-0.2, 0) is 6.54 Å². The van der Waals surface area contributed by atoms with E-state index < -0.39 is 6.09 Å². The number of aliphatic hydroxyl groups is 1. The quantitative estimate of drug-likeness (QED) is 0.258. The van der Waals surface area contributed by atoms with Crippen LogP contribution in [0.3, 0.4) is 0 Å². The maximum atomic E-state index is 11.3. The van der Waals surface area contributed by atoms with Crippen molar-refractivity contribution in [3.63, 3.8) is 0 Å². The number of carbonyl (C=O) groups is 1. The molecule has 12 nitrogen and oxygen atoms in total. The number of hydrogen-bond acceptors (Lipinski definition) is 9. The van der Waals surface area contributed by atoms with Gasteiger partial charge in [0.05, 0.1) is 19.3 Å². The fraction of sp³-hybridized carbons (Fsp3) is 0.560. The molecule has 12 heteroatoms. The van der Waals surface area contributed by atoms with Crippen molar-refractivity contribution in [1.82, 2.24) is 30.0 Å². The van der Waals surface area contributed by atoms with Crippen molar-refractivity contribution in [3.05, 3.63) is 29.2 Å². The van der Waals surface area contributed by atoms with Gasteiger partial charge < -0.3 is 25.6 Å². The van der Waals surface area contributed by atoms with Gasteiger partial charge in [0.1, 0.15) is 16.8 Å². The zero-order valence-corrected chi connectivity index (χ0v) is 21.6. The Hall–Kier alpha value is -3.51. The van der Waals surface area contributed by atoms with E-state index in [-0.39, 0.29) is 18.6 Å². The van der Waals surface area contributed by atoms with Crippen molar-refractivity contribution in [3.8, 4) is 5.75 Å². The predicted molar refractivity (Wildman–Crippen MR) is 140 cm³/mol. The van der Waals surface area contributed by atoms with E-state index >= 15 is 0 Å². The molecule has 200 valence electrons. The molecule has 37 heavy (non-hydrogen) atoms. The molecule has 0 bridgehead atoms. The van der Waals surface area contributed by atoms with Crippen LogP contribution in [0.4, 0.5) is 16.6 Å². The number of piperidine rings is 1. The van der Waals surface area contributed by atoms with Crippen molar-refractivity contribution in [2.75, 3.05) is 37.4 Å². The van der Waals surface area contributed by atoms with Crippen molar-refractivity contribution in [1.29, 1.82) is 0 Å². The number of hydrogen-bond donors (Lipinski definition) is 5. The van der Waals surface area contributed by atoms with Gasteiger partial charge in [-0.3, -0.25) is 15.0 Å². The second kappa shape index (κ2) is 12.2. The smallest absolute Gasteiger partial charge is 0.411 e. The Morgan fingerprint density at radius 2 is 2.08 bits per heavy atom. The highest BCUT2D eigenvalue weighted by Gasteiger charge is 2.22. The Balaban J connectivity index is 1.73. The van der Waals surface area contributed by atoms with E-state index in [1.54, 1.807) is 11.8 Å². The van der Waals surface area contributed by atoms with Crippen LogP contribution in [0.25, 0.3) is 11.0 Å². The molecule has 3 aromatic rings. The lowest BCUT2D eigenvalue weighted by Gasteiger charge is -2.23. The first-order valence-electron chi connectivity index (χ1n) is 12.8. The summed E-state index contributed by atoms with van der Waals surface area (Å²) in [6, 6.07) is 1.97. The fourth-order valence-electron chi connectivity index (χ4n) is 4.87. The number of rotatable bonds is 11. The number of fused-ring (bicyclic) bond motifs is 1. The Kier molecular flexibility index (Phi) is 8.72. The second-order valence-electron chi connectivity index (χ2n) is 9.35. The molecule has 0 aromatic carbocycles. The average Bonchev–Trinajstić information content (AvgIpc) is 3.19. The number of aromatic nitrogens is 5. The molecule has 0 saturated carbocycles. The van der Waals surface area contributed by atoms with E-state index in [1.807, 2.05) is 19.2 Å². The number of aryl methyl sites for hydroxylation is 1. The van der Waals surface area contributed by atoms with E-state index in [4.69, 9.17) is 14.8 Å². The molecule has 1 atom stereocenters. The topological polar surface area (TPSA) is 159 Å². The molecule has 0 radical (unpaired) electrons. The van der Waals surface area contributed by atoms with Gasteiger partial charge in [0.2, 0.25) is 5.95 Å². The normalized spacial score (nSPS) is 15.0. The largest absolute Gasteiger partial charge is 0.496 e. The number of carboxylic acid groups (broad SMARTS) is 1. The molecule has 4 heterocycles. The molecule has 0 unspecified atom stereocenters. The van der Waals surface area contributed by atoms with Crippen LogP contribution in [0, 0.1) is 6.92 Å². The van der Waals surface area contributed by atoms with Crippen LogP contribution in [-0.4, -0.2) is 73.9 Å². The van der Waals surface area contributed by atoms with Crippen LogP contribution in [0.5, 0.6) is 5.75 Å². The first-order valence-corrected chi connectivity index (χ1v) is 12.8. The van der Waals surface area contributed by atoms with Gasteiger partial charge in [0, 0.05) is 42.1 Å². The minimum absolute atomic E-state index is 0.0245. The monoisotopic (exact) mass is 512 g/mol. The van der Waals surface area contributed by atoms with Gasteiger partial charge >= 0.3 is 6.09 Å². The summed E-state index contributed by atoms with van der Waals surface area (Å²) >= 11 is 0. The maximum absolute atomic E-state index is 11.3. The van der Waals surface area contributed by atoms with Gasteiger partial charge in [-0.2, -0.15) is 10.1 Å².